The first-order chi connectivity index (χ1) is 33.6. The zero-order valence-electron chi connectivity index (χ0n) is 38.1. The lowest BCUT2D eigenvalue weighted by Crippen LogP contribution is -2.40. The first-order valence-corrected chi connectivity index (χ1v) is 24.6. The summed E-state index contributed by atoms with van der Waals surface area (Å²) in [6.45, 7) is 0. The summed E-state index contributed by atoms with van der Waals surface area (Å²) in [4.78, 5) is 28.6. The van der Waals surface area contributed by atoms with E-state index in [1.54, 1.807) is 5.57 Å². The summed E-state index contributed by atoms with van der Waals surface area (Å²) in [5, 5.41) is 0. The molecule has 1 aliphatic heterocycles. The van der Waals surface area contributed by atoms with E-state index in [4.69, 9.17) is 24.9 Å². The summed E-state index contributed by atoms with van der Waals surface area (Å²) in [5.41, 5.74) is 15.2. The van der Waals surface area contributed by atoms with Crippen LogP contribution in [0.5, 0.6) is 0 Å². The average molecular weight is 881 g/mol. The van der Waals surface area contributed by atoms with Crippen LogP contribution in [-0.2, 0) is 5.41 Å². The highest BCUT2D eigenvalue weighted by Gasteiger charge is 2.61. The molecule has 0 N–H and O–H groups in total. The lowest BCUT2D eigenvalue weighted by Gasteiger charge is -2.37. The van der Waals surface area contributed by atoms with Gasteiger partial charge in [0.2, 0.25) is 0 Å². The molecule has 2 aromatic heterocycles. The minimum absolute atomic E-state index is 0.104. The molecule has 0 radical (unpaired) electrons. The maximum atomic E-state index is 5.29. The fourth-order valence-corrected chi connectivity index (χ4v) is 11.6. The van der Waals surface area contributed by atoms with E-state index in [0.29, 0.717) is 17.6 Å². The van der Waals surface area contributed by atoms with Gasteiger partial charge in [-0.2, -0.15) is 0 Å². The molecule has 330 valence electrons. The molecule has 8 aliphatic rings. The molecular weight excluding hydrogens is 829 g/mol. The Labute approximate surface area is 399 Å². The molecule has 1 fully saturated rings. The Balaban J connectivity index is 0.876. The van der Waals surface area contributed by atoms with Gasteiger partial charge in [0.25, 0.3) is 0 Å². The molecule has 68 heavy (non-hydrogen) atoms. The highest BCUT2D eigenvalue weighted by atomic mass is 15.2. The molecule has 1 saturated carbocycles. The Morgan fingerprint density at radius 2 is 1.10 bits per heavy atom. The van der Waals surface area contributed by atoms with E-state index in [1.165, 1.54) is 33.5 Å². The molecule has 13 rings (SSSR count). The van der Waals surface area contributed by atoms with Crippen LogP contribution < -0.4 is 0 Å². The van der Waals surface area contributed by atoms with Gasteiger partial charge in [0.1, 0.15) is 0 Å². The van der Waals surface area contributed by atoms with Gasteiger partial charge in [-0.05, 0) is 109 Å². The van der Waals surface area contributed by atoms with Crippen molar-refractivity contribution in [3.63, 3.8) is 0 Å². The predicted molar refractivity (Wildman–Crippen MR) is 276 cm³/mol. The second-order valence-corrected chi connectivity index (χ2v) is 19.2. The summed E-state index contributed by atoms with van der Waals surface area (Å²) in [5.74, 6) is 3.53. The number of aromatic nitrogens is 5. The fraction of sp³-hybridized carbons (Fsp3) is 0.210. The lowest BCUT2D eigenvalue weighted by molar-refractivity contribution is 0.257. The van der Waals surface area contributed by atoms with Crippen molar-refractivity contribution < 1.29 is 0 Å². The van der Waals surface area contributed by atoms with Crippen molar-refractivity contribution in [2.45, 2.75) is 68.9 Å². The molecule has 3 aromatic carbocycles. The van der Waals surface area contributed by atoms with Gasteiger partial charge in [-0.15, -0.1) is 0 Å². The third-order valence-electron chi connectivity index (χ3n) is 15.0. The van der Waals surface area contributed by atoms with Crippen LogP contribution in [0.25, 0.3) is 50.6 Å². The second kappa shape index (κ2) is 16.9. The lowest BCUT2D eigenvalue weighted by atomic mass is 9.79. The zero-order chi connectivity index (χ0) is 45.0. The van der Waals surface area contributed by atoms with Crippen molar-refractivity contribution in [1.29, 1.82) is 0 Å². The van der Waals surface area contributed by atoms with Crippen LogP contribution in [0.3, 0.4) is 0 Å². The third kappa shape index (κ3) is 7.30. The van der Waals surface area contributed by atoms with E-state index >= 15 is 0 Å². The van der Waals surface area contributed by atoms with Crippen LogP contribution in [0, 0.1) is 11.8 Å². The van der Waals surface area contributed by atoms with Crippen LogP contribution >= 0.6 is 0 Å². The Morgan fingerprint density at radius 1 is 0.485 bits per heavy atom. The number of benzene rings is 3. The maximum absolute atomic E-state index is 5.29. The summed E-state index contributed by atoms with van der Waals surface area (Å²) in [6.07, 6.45) is 47.9. The minimum Gasteiger partial charge on any atom is -0.357 e. The Bertz CT molecular complexity index is 3210. The van der Waals surface area contributed by atoms with Gasteiger partial charge in [0, 0.05) is 39.3 Å². The van der Waals surface area contributed by atoms with Gasteiger partial charge in [0.15, 0.2) is 23.3 Å². The monoisotopic (exact) mass is 880 g/mol. The molecule has 5 unspecified atom stereocenters. The summed E-state index contributed by atoms with van der Waals surface area (Å²) in [7, 11) is 0. The molecule has 5 atom stereocenters. The smallest absolute Gasteiger partial charge is 0.164 e. The van der Waals surface area contributed by atoms with Crippen molar-refractivity contribution >= 4 is 27.9 Å². The molecule has 3 heterocycles. The first kappa shape index (κ1) is 40.7. The van der Waals surface area contributed by atoms with E-state index in [2.05, 4.69) is 181 Å². The number of allylic oxidation sites excluding steroid dienone is 18. The van der Waals surface area contributed by atoms with Crippen molar-refractivity contribution in [2.75, 3.05) is 0 Å². The number of rotatable bonds is 9. The van der Waals surface area contributed by atoms with Crippen LogP contribution in [-0.4, -0.2) is 41.9 Å². The van der Waals surface area contributed by atoms with Gasteiger partial charge in [-0.3, -0.25) is 0 Å². The molecule has 5 aromatic rings. The molecular formula is C62H52N6. The van der Waals surface area contributed by atoms with E-state index < -0.39 is 0 Å². The van der Waals surface area contributed by atoms with Gasteiger partial charge >= 0.3 is 0 Å². The van der Waals surface area contributed by atoms with Crippen molar-refractivity contribution in [1.82, 2.24) is 29.8 Å². The number of hydrogen-bond acceptors (Lipinski definition) is 6. The van der Waals surface area contributed by atoms with Crippen LogP contribution in [0.15, 0.2) is 206 Å². The van der Waals surface area contributed by atoms with Crippen LogP contribution in [0.4, 0.5) is 0 Å². The third-order valence-corrected chi connectivity index (χ3v) is 15.0. The van der Waals surface area contributed by atoms with Gasteiger partial charge in [-0.25, -0.2) is 24.9 Å². The quantitative estimate of drug-likeness (QED) is 0.147. The van der Waals surface area contributed by atoms with Gasteiger partial charge in [-0.1, -0.05) is 176 Å². The highest BCUT2D eigenvalue weighted by molar-refractivity contribution is 5.82. The fourth-order valence-electron chi connectivity index (χ4n) is 11.6. The van der Waals surface area contributed by atoms with Crippen molar-refractivity contribution in [3.05, 3.63) is 240 Å². The Kier molecular flexibility index (Phi) is 10.1. The molecule has 0 saturated heterocycles. The number of hydrogen-bond donors (Lipinski definition) is 0. The minimum atomic E-state index is -0.104. The van der Waals surface area contributed by atoms with Crippen LogP contribution in [0.2, 0.25) is 0 Å². The highest BCUT2D eigenvalue weighted by Crippen LogP contribution is 2.66. The average Bonchev–Trinajstić information content (AvgIpc) is 4.10. The predicted octanol–water partition coefficient (Wildman–Crippen LogP) is 13.6. The van der Waals surface area contributed by atoms with Gasteiger partial charge in [0.05, 0.1) is 23.5 Å². The molecule has 6 nitrogen and oxygen atoms in total. The Hall–Kier alpha value is -7.57. The largest absolute Gasteiger partial charge is 0.357 e. The molecule has 0 amide bonds. The molecule has 6 heteroatoms. The van der Waals surface area contributed by atoms with E-state index in [9.17, 15) is 0 Å². The summed E-state index contributed by atoms with van der Waals surface area (Å²) >= 11 is 0. The number of nitrogens with zero attached hydrogens (tertiary/aromatic N) is 6. The first-order valence-electron chi connectivity index (χ1n) is 24.6. The van der Waals surface area contributed by atoms with Crippen molar-refractivity contribution in [3.8, 4) is 22.8 Å². The summed E-state index contributed by atoms with van der Waals surface area (Å²) < 4.78 is 0. The standard InChI is InChI=1S/C62H52N6/c1-6-18-41(19-7-1)46-32-33-55-51(38-46)57-52-40-62(52,49-30-16-28-47(36-49)61-66-58(44-24-12-4-13-25-44)65-59(67-61)45-26-14-5-15-27-45)35-34-56(57)68(55)50-31-17-29-48(37-50)60-63-53(42-20-8-2-9-21-42)39-54(64-60)43-22-10-3-11-23-43/h1,4,6-8,10,12-14,16-30,32-39,50-52,55H,2-3,5,9,11,15,31,40H2. The molecule has 7 aliphatic carbocycles. The van der Waals surface area contributed by atoms with E-state index in [0.717, 1.165) is 96.7 Å². The zero-order valence-corrected chi connectivity index (χ0v) is 38.1. The topological polar surface area (TPSA) is 67.7 Å². The van der Waals surface area contributed by atoms with E-state index in [1.807, 2.05) is 18.2 Å². The maximum Gasteiger partial charge on any atom is 0.164 e. The van der Waals surface area contributed by atoms with Crippen LogP contribution in [0.1, 0.15) is 85.5 Å². The van der Waals surface area contributed by atoms with E-state index in [-0.39, 0.29) is 23.4 Å². The van der Waals surface area contributed by atoms with Crippen molar-refractivity contribution in [2.24, 2.45) is 11.8 Å². The van der Waals surface area contributed by atoms with Gasteiger partial charge < -0.3 is 4.90 Å². The number of fused-ring (bicyclic) bond motifs is 4. The summed E-state index contributed by atoms with van der Waals surface area (Å²) in [6, 6.07) is 32.7. The normalized spacial score (nSPS) is 25.2. The SMILES string of the molecule is C1=CC(c2cc(C3=CCCC=C3)nc(C3=CC(N4C5=C(C6C=C(c7ccccc7)C=CC64)C4CC4(c4cccc(-c6nc(C7=CCCC=C7)nc(-c7ccccc7)n6)c4)C=C5)CC=C3)n2)=CCC1. The molecule has 0 bridgehead atoms. The molecule has 0 spiro atoms. The second-order valence-electron chi connectivity index (χ2n) is 19.2. The Morgan fingerprint density at radius 3 is 1.79 bits per heavy atom.